The van der Waals surface area contributed by atoms with Crippen molar-refractivity contribution in [3.63, 3.8) is 0 Å². The molecule has 1 aromatic carbocycles. The van der Waals surface area contributed by atoms with Crippen LogP contribution in [0.25, 0.3) is 0 Å². The zero-order valence-electron chi connectivity index (χ0n) is 9.27. The first-order chi connectivity index (χ1) is 7.77. The number of rotatable bonds is 4. The van der Waals surface area contributed by atoms with Gasteiger partial charge in [0.15, 0.2) is 5.78 Å². The average Bonchev–Trinajstić information content (AvgIpc) is 2.74. The van der Waals surface area contributed by atoms with Gasteiger partial charge in [-0.25, -0.2) is 0 Å². The summed E-state index contributed by atoms with van der Waals surface area (Å²) >= 11 is 1.54. The van der Waals surface area contributed by atoms with E-state index in [4.69, 9.17) is 0 Å². The van der Waals surface area contributed by atoms with Gasteiger partial charge in [-0.05, 0) is 35.9 Å². The summed E-state index contributed by atoms with van der Waals surface area (Å²) in [6.45, 7) is 1.99. The molecule has 0 unspecified atom stereocenters. The Morgan fingerprint density at radius 1 is 1.19 bits per heavy atom. The molecule has 0 aliphatic heterocycles. The second kappa shape index (κ2) is 5.08. The van der Waals surface area contributed by atoms with Gasteiger partial charge >= 0.3 is 0 Å². The van der Waals surface area contributed by atoms with Crippen molar-refractivity contribution in [3.05, 3.63) is 57.8 Å². The summed E-state index contributed by atoms with van der Waals surface area (Å²) in [4.78, 5) is 12.8. The largest absolute Gasteiger partial charge is 0.293 e. The van der Waals surface area contributed by atoms with E-state index in [-0.39, 0.29) is 5.78 Å². The molecule has 0 aliphatic rings. The molecule has 0 fully saturated rings. The van der Waals surface area contributed by atoms with Crippen LogP contribution in [-0.4, -0.2) is 5.78 Å². The quantitative estimate of drug-likeness (QED) is 0.729. The van der Waals surface area contributed by atoms with E-state index in [0.717, 1.165) is 16.9 Å². The van der Waals surface area contributed by atoms with Crippen LogP contribution in [0.4, 0.5) is 0 Å². The lowest BCUT2D eigenvalue weighted by Crippen LogP contribution is -2.00. The van der Waals surface area contributed by atoms with E-state index in [1.54, 1.807) is 11.3 Å². The second-order valence-corrected chi connectivity index (χ2v) is 4.76. The topological polar surface area (TPSA) is 17.1 Å². The Kier molecular flexibility index (Phi) is 3.52. The van der Waals surface area contributed by atoms with Crippen molar-refractivity contribution in [2.45, 2.75) is 19.8 Å². The van der Waals surface area contributed by atoms with Crippen molar-refractivity contribution >= 4 is 17.1 Å². The predicted octanol–water partition coefficient (Wildman–Crippen LogP) is 3.87. The Balaban J connectivity index is 1.97. The zero-order chi connectivity index (χ0) is 11.4. The van der Waals surface area contributed by atoms with Gasteiger partial charge in [-0.1, -0.05) is 30.3 Å². The lowest BCUT2D eigenvalue weighted by molar-refractivity contribution is 0.0986. The minimum atomic E-state index is 0.261. The summed E-state index contributed by atoms with van der Waals surface area (Å²) in [7, 11) is 0. The number of hydrogen-bond acceptors (Lipinski definition) is 2. The summed E-state index contributed by atoms with van der Waals surface area (Å²) in [6, 6.07) is 12.1. The van der Waals surface area contributed by atoms with Gasteiger partial charge in [0.25, 0.3) is 0 Å². The first kappa shape index (κ1) is 11.1. The number of ketones is 1. The molecule has 1 aromatic heterocycles. The van der Waals surface area contributed by atoms with Crippen LogP contribution in [0.5, 0.6) is 0 Å². The van der Waals surface area contributed by atoms with Crippen LogP contribution in [0.2, 0.25) is 0 Å². The van der Waals surface area contributed by atoms with Crippen LogP contribution >= 0.6 is 11.3 Å². The first-order valence-electron chi connectivity index (χ1n) is 5.38. The van der Waals surface area contributed by atoms with Gasteiger partial charge < -0.3 is 0 Å². The maximum absolute atomic E-state index is 11.9. The van der Waals surface area contributed by atoms with E-state index >= 15 is 0 Å². The fourth-order valence-electron chi connectivity index (χ4n) is 1.67. The number of benzene rings is 1. The molecule has 2 rings (SSSR count). The zero-order valence-corrected chi connectivity index (χ0v) is 10.1. The van der Waals surface area contributed by atoms with E-state index < -0.39 is 0 Å². The van der Waals surface area contributed by atoms with Crippen LogP contribution < -0.4 is 0 Å². The number of carbonyl (C=O) groups excluding carboxylic acids is 1. The van der Waals surface area contributed by atoms with Gasteiger partial charge in [0, 0.05) is 6.42 Å². The third-order valence-corrected chi connectivity index (χ3v) is 3.66. The number of thiophene rings is 1. The molecular formula is C14H14OS. The average molecular weight is 230 g/mol. The van der Waals surface area contributed by atoms with Crippen molar-refractivity contribution in [1.82, 2.24) is 0 Å². The van der Waals surface area contributed by atoms with Crippen molar-refractivity contribution in [1.29, 1.82) is 0 Å². The molecule has 82 valence electrons. The summed E-state index contributed by atoms with van der Waals surface area (Å²) in [6.07, 6.45) is 1.43. The highest BCUT2D eigenvalue weighted by Gasteiger charge is 2.09. The Hall–Kier alpha value is -1.41. The number of aryl methyl sites for hydroxylation is 2. The maximum Gasteiger partial charge on any atom is 0.173 e. The third kappa shape index (κ3) is 2.58. The standard InChI is InChI=1S/C14H14OS/c1-11-9-10-16-14(11)13(15)8-7-12-5-3-2-4-6-12/h2-6,9-10H,7-8H2,1H3. The molecule has 2 aromatic rings. The van der Waals surface area contributed by atoms with Gasteiger partial charge in [0.05, 0.1) is 4.88 Å². The van der Waals surface area contributed by atoms with E-state index in [1.165, 1.54) is 5.56 Å². The highest BCUT2D eigenvalue weighted by atomic mass is 32.1. The molecule has 0 bridgehead atoms. The minimum Gasteiger partial charge on any atom is -0.293 e. The molecule has 0 atom stereocenters. The SMILES string of the molecule is Cc1ccsc1C(=O)CCc1ccccc1. The molecule has 2 heteroatoms. The second-order valence-electron chi connectivity index (χ2n) is 3.84. The molecule has 1 heterocycles. The molecule has 0 aliphatic carbocycles. The maximum atomic E-state index is 11.9. The molecule has 0 saturated heterocycles. The molecule has 0 saturated carbocycles. The summed E-state index contributed by atoms with van der Waals surface area (Å²) < 4.78 is 0. The van der Waals surface area contributed by atoms with Gasteiger partial charge in [-0.2, -0.15) is 0 Å². The molecule has 0 amide bonds. The highest BCUT2D eigenvalue weighted by Crippen LogP contribution is 2.18. The Labute approximate surface area is 99.8 Å². The third-order valence-electron chi connectivity index (χ3n) is 2.60. The van der Waals surface area contributed by atoms with Crippen LogP contribution in [0, 0.1) is 6.92 Å². The van der Waals surface area contributed by atoms with Crippen molar-refractivity contribution < 1.29 is 4.79 Å². The van der Waals surface area contributed by atoms with Crippen LogP contribution in [0.3, 0.4) is 0 Å². The number of Topliss-reactive ketones (excluding diaryl/α,β-unsaturated/α-hetero) is 1. The Morgan fingerprint density at radius 3 is 2.56 bits per heavy atom. The summed E-state index contributed by atoms with van der Waals surface area (Å²) in [5.74, 6) is 0.261. The molecule has 0 radical (unpaired) electrons. The number of carbonyl (C=O) groups is 1. The van der Waals surface area contributed by atoms with Crippen molar-refractivity contribution in [2.75, 3.05) is 0 Å². The van der Waals surface area contributed by atoms with Gasteiger partial charge in [-0.15, -0.1) is 11.3 Å². The first-order valence-corrected chi connectivity index (χ1v) is 6.26. The molecule has 16 heavy (non-hydrogen) atoms. The van der Waals surface area contributed by atoms with Gasteiger partial charge in [0.1, 0.15) is 0 Å². The summed E-state index contributed by atoms with van der Waals surface area (Å²) in [5.41, 5.74) is 2.33. The monoisotopic (exact) mass is 230 g/mol. The summed E-state index contributed by atoms with van der Waals surface area (Å²) in [5, 5.41) is 1.98. The molecule has 0 N–H and O–H groups in total. The normalized spacial score (nSPS) is 10.3. The Bertz CT molecular complexity index is 470. The fourth-order valence-corrected chi connectivity index (χ4v) is 2.57. The van der Waals surface area contributed by atoms with Crippen molar-refractivity contribution in [2.24, 2.45) is 0 Å². The molecular weight excluding hydrogens is 216 g/mol. The highest BCUT2D eigenvalue weighted by molar-refractivity contribution is 7.12. The lowest BCUT2D eigenvalue weighted by Gasteiger charge is -2.00. The van der Waals surface area contributed by atoms with E-state index in [0.29, 0.717) is 6.42 Å². The molecule has 1 nitrogen and oxygen atoms in total. The van der Waals surface area contributed by atoms with Crippen LogP contribution in [-0.2, 0) is 6.42 Å². The minimum absolute atomic E-state index is 0.261. The molecule has 0 spiro atoms. The van der Waals surface area contributed by atoms with Crippen molar-refractivity contribution in [3.8, 4) is 0 Å². The van der Waals surface area contributed by atoms with Gasteiger partial charge in [0.2, 0.25) is 0 Å². The number of hydrogen-bond donors (Lipinski definition) is 0. The fraction of sp³-hybridized carbons (Fsp3) is 0.214. The van der Waals surface area contributed by atoms with E-state index in [1.807, 2.05) is 36.6 Å². The predicted molar refractivity (Wildman–Crippen MR) is 68.1 cm³/mol. The lowest BCUT2D eigenvalue weighted by atomic mass is 10.1. The van der Waals surface area contributed by atoms with Crippen LogP contribution in [0.1, 0.15) is 27.2 Å². The Morgan fingerprint density at radius 2 is 1.94 bits per heavy atom. The van der Waals surface area contributed by atoms with E-state index in [9.17, 15) is 4.79 Å². The van der Waals surface area contributed by atoms with Crippen LogP contribution in [0.15, 0.2) is 41.8 Å². The van der Waals surface area contributed by atoms with E-state index in [2.05, 4.69) is 12.1 Å². The van der Waals surface area contributed by atoms with Gasteiger partial charge in [-0.3, -0.25) is 4.79 Å². The smallest absolute Gasteiger partial charge is 0.173 e.